The van der Waals surface area contributed by atoms with E-state index in [0.29, 0.717) is 18.7 Å². The van der Waals surface area contributed by atoms with Gasteiger partial charge in [0.15, 0.2) is 0 Å². The van der Waals surface area contributed by atoms with Crippen LogP contribution in [0.25, 0.3) is 10.9 Å². The number of hydrogen-bond acceptors (Lipinski definition) is 4. The van der Waals surface area contributed by atoms with Gasteiger partial charge in [0, 0.05) is 48.0 Å². The van der Waals surface area contributed by atoms with Gasteiger partial charge in [-0.15, -0.1) is 0 Å². The zero-order valence-corrected chi connectivity index (χ0v) is 14.3. The molecule has 5 nitrogen and oxygen atoms in total. The van der Waals surface area contributed by atoms with Crippen LogP contribution in [0, 0.1) is 0 Å². The van der Waals surface area contributed by atoms with Crippen LogP contribution in [0.15, 0.2) is 42.9 Å². The molecular weight excluding hydrogens is 312 g/mol. The molecule has 0 saturated heterocycles. The molecule has 126 valence electrons. The van der Waals surface area contributed by atoms with Gasteiger partial charge >= 0.3 is 0 Å². The van der Waals surface area contributed by atoms with Gasteiger partial charge in [-0.05, 0) is 42.7 Å². The Kier molecular flexibility index (Phi) is 4.14. The summed E-state index contributed by atoms with van der Waals surface area (Å²) in [7, 11) is 0. The van der Waals surface area contributed by atoms with E-state index >= 15 is 0 Å². The average Bonchev–Trinajstić information content (AvgIpc) is 2.89. The third kappa shape index (κ3) is 2.97. The normalized spacial score (nSPS) is 14.2. The molecule has 0 saturated carbocycles. The summed E-state index contributed by atoms with van der Waals surface area (Å²) >= 11 is 0. The van der Waals surface area contributed by atoms with Gasteiger partial charge in [0.2, 0.25) is 0 Å². The largest absolute Gasteiger partial charge is 0.338 e. The second-order valence-electron chi connectivity index (χ2n) is 6.30. The fraction of sp³-hybridized carbons (Fsp3) is 0.300. The summed E-state index contributed by atoms with van der Waals surface area (Å²) in [5, 5.41) is 0.991. The van der Waals surface area contributed by atoms with Crippen molar-refractivity contribution >= 4 is 16.8 Å². The quantitative estimate of drug-likeness (QED) is 0.724. The summed E-state index contributed by atoms with van der Waals surface area (Å²) in [5.74, 6) is 0.0737. The maximum absolute atomic E-state index is 13.0. The molecule has 0 fully saturated rings. The number of carbonyl (C=O) groups is 1. The van der Waals surface area contributed by atoms with Crippen molar-refractivity contribution in [2.24, 2.45) is 0 Å². The van der Waals surface area contributed by atoms with Gasteiger partial charge < -0.3 is 4.90 Å². The molecule has 4 rings (SSSR count). The van der Waals surface area contributed by atoms with Gasteiger partial charge in [-0.2, -0.15) is 0 Å². The zero-order chi connectivity index (χ0) is 17.2. The summed E-state index contributed by atoms with van der Waals surface area (Å²) in [6.07, 6.45) is 5.91. The van der Waals surface area contributed by atoms with Crippen molar-refractivity contribution in [3.8, 4) is 0 Å². The van der Waals surface area contributed by atoms with Gasteiger partial charge in [-0.3, -0.25) is 9.78 Å². The summed E-state index contributed by atoms with van der Waals surface area (Å²) in [6.45, 7) is 3.51. The first-order valence-electron chi connectivity index (χ1n) is 8.72. The molecule has 3 heterocycles. The van der Waals surface area contributed by atoms with Crippen molar-refractivity contribution in [3.05, 3.63) is 65.4 Å². The van der Waals surface area contributed by atoms with Gasteiger partial charge in [-0.1, -0.05) is 13.0 Å². The van der Waals surface area contributed by atoms with E-state index in [-0.39, 0.29) is 5.91 Å². The van der Waals surface area contributed by atoms with Crippen LogP contribution < -0.4 is 0 Å². The van der Waals surface area contributed by atoms with Crippen LogP contribution in [-0.4, -0.2) is 38.8 Å². The first-order valence-corrected chi connectivity index (χ1v) is 8.72. The third-order valence-corrected chi connectivity index (χ3v) is 4.85. The molecule has 1 aromatic carbocycles. The number of carbonyl (C=O) groups excluding carboxylic acids is 1. The molecule has 0 aliphatic carbocycles. The van der Waals surface area contributed by atoms with E-state index < -0.39 is 0 Å². The molecule has 0 N–H and O–H groups in total. The standard InChI is InChI=1S/C20H20N4O/c1-2-17-16-7-10-24(11-8-19(16)23-13-22-17)20(25)15-5-6-18-14(12-15)4-3-9-21-18/h3-6,9,12-13H,2,7-8,10-11H2,1H3. The fourth-order valence-electron chi connectivity index (χ4n) is 3.49. The van der Waals surface area contributed by atoms with E-state index in [0.717, 1.165) is 41.6 Å². The Morgan fingerprint density at radius 1 is 1.12 bits per heavy atom. The molecule has 1 aliphatic heterocycles. The van der Waals surface area contributed by atoms with Crippen molar-refractivity contribution in [3.63, 3.8) is 0 Å². The highest BCUT2D eigenvalue weighted by atomic mass is 16.2. The monoisotopic (exact) mass is 332 g/mol. The predicted octanol–water partition coefficient (Wildman–Crippen LogP) is 2.83. The van der Waals surface area contributed by atoms with Crippen molar-refractivity contribution in [2.75, 3.05) is 13.1 Å². The summed E-state index contributed by atoms with van der Waals surface area (Å²) in [4.78, 5) is 28.0. The van der Waals surface area contributed by atoms with Gasteiger partial charge in [0.05, 0.1) is 5.52 Å². The molecular formula is C20H20N4O. The minimum atomic E-state index is 0.0737. The highest BCUT2D eigenvalue weighted by Crippen LogP contribution is 2.20. The second kappa shape index (κ2) is 6.59. The average molecular weight is 332 g/mol. The Labute approximate surface area is 146 Å². The van der Waals surface area contributed by atoms with E-state index in [1.807, 2.05) is 35.2 Å². The lowest BCUT2D eigenvalue weighted by Crippen LogP contribution is -2.33. The first kappa shape index (κ1) is 15.7. The molecule has 3 aromatic rings. The van der Waals surface area contributed by atoms with Gasteiger partial charge in [-0.25, -0.2) is 9.97 Å². The first-order chi connectivity index (χ1) is 12.3. The van der Waals surface area contributed by atoms with Crippen molar-refractivity contribution in [1.29, 1.82) is 0 Å². The lowest BCUT2D eigenvalue weighted by Gasteiger charge is -2.20. The molecule has 2 aromatic heterocycles. The smallest absolute Gasteiger partial charge is 0.253 e. The summed E-state index contributed by atoms with van der Waals surface area (Å²) in [6, 6.07) is 9.59. The Bertz CT molecular complexity index is 938. The number of pyridine rings is 1. The number of fused-ring (bicyclic) bond motifs is 2. The SMILES string of the molecule is CCc1ncnc2c1CCN(C(=O)c1ccc3ncccc3c1)CC2. The van der Waals surface area contributed by atoms with Crippen LogP contribution in [0.5, 0.6) is 0 Å². The number of amides is 1. The number of rotatable bonds is 2. The topological polar surface area (TPSA) is 59.0 Å². The molecule has 0 unspecified atom stereocenters. The van der Waals surface area contributed by atoms with Gasteiger partial charge in [0.1, 0.15) is 6.33 Å². The Balaban J connectivity index is 1.59. The number of aromatic nitrogens is 3. The molecule has 0 spiro atoms. The van der Waals surface area contributed by atoms with Crippen LogP contribution in [0.4, 0.5) is 0 Å². The summed E-state index contributed by atoms with van der Waals surface area (Å²) in [5.41, 5.74) is 5.04. The minimum Gasteiger partial charge on any atom is -0.338 e. The highest BCUT2D eigenvalue weighted by molar-refractivity contribution is 5.98. The molecule has 0 bridgehead atoms. The predicted molar refractivity (Wildman–Crippen MR) is 96.5 cm³/mol. The molecule has 0 atom stereocenters. The van der Waals surface area contributed by atoms with Crippen LogP contribution >= 0.6 is 0 Å². The molecule has 5 heteroatoms. The third-order valence-electron chi connectivity index (χ3n) is 4.85. The second-order valence-corrected chi connectivity index (χ2v) is 6.30. The van der Waals surface area contributed by atoms with E-state index in [1.54, 1.807) is 12.5 Å². The fourth-order valence-corrected chi connectivity index (χ4v) is 3.49. The number of benzene rings is 1. The van der Waals surface area contributed by atoms with Crippen LogP contribution in [0.3, 0.4) is 0 Å². The lowest BCUT2D eigenvalue weighted by molar-refractivity contribution is 0.0763. The number of hydrogen-bond donors (Lipinski definition) is 0. The van der Waals surface area contributed by atoms with Crippen LogP contribution in [-0.2, 0) is 19.3 Å². The van der Waals surface area contributed by atoms with Crippen molar-refractivity contribution in [2.45, 2.75) is 26.2 Å². The van der Waals surface area contributed by atoms with Crippen molar-refractivity contribution in [1.82, 2.24) is 19.9 Å². The van der Waals surface area contributed by atoms with Gasteiger partial charge in [0.25, 0.3) is 5.91 Å². The molecule has 0 radical (unpaired) electrons. The summed E-state index contributed by atoms with van der Waals surface area (Å²) < 4.78 is 0. The minimum absolute atomic E-state index is 0.0737. The van der Waals surface area contributed by atoms with E-state index in [1.165, 1.54) is 5.56 Å². The highest BCUT2D eigenvalue weighted by Gasteiger charge is 2.22. The Hall–Kier alpha value is -2.82. The zero-order valence-electron chi connectivity index (χ0n) is 14.3. The maximum atomic E-state index is 13.0. The molecule has 1 aliphatic rings. The number of aryl methyl sites for hydroxylation is 1. The van der Waals surface area contributed by atoms with E-state index in [2.05, 4.69) is 21.9 Å². The Morgan fingerprint density at radius 3 is 2.88 bits per heavy atom. The van der Waals surface area contributed by atoms with Crippen LogP contribution in [0.1, 0.15) is 34.2 Å². The van der Waals surface area contributed by atoms with Crippen molar-refractivity contribution < 1.29 is 4.79 Å². The Morgan fingerprint density at radius 2 is 2.00 bits per heavy atom. The molecule has 25 heavy (non-hydrogen) atoms. The number of nitrogens with zero attached hydrogens (tertiary/aromatic N) is 4. The van der Waals surface area contributed by atoms with E-state index in [9.17, 15) is 4.79 Å². The van der Waals surface area contributed by atoms with E-state index in [4.69, 9.17) is 0 Å². The maximum Gasteiger partial charge on any atom is 0.253 e. The lowest BCUT2D eigenvalue weighted by atomic mass is 10.1. The molecule has 1 amide bonds. The van der Waals surface area contributed by atoms with Crippen LogP contribution in [0.2, 0.25) is 0 Å².